The van der Waals surface area contributed by atoms with E-state index < -0.39 is 5.97 Å². The Morgan fingerprint density at radius 2 is 2.00 bits per heavy atom. The van der Waals surface area contributed by atoms with Crippen molar-refractivity contribution >= 4 is 23.1 Å². The van der Waals surface area contributed by atoms with Crippen LogP contribution in [0.3, 0.4) is 0 Å². The SMILES string of the molecule is Cc1ccc(Nc2nc3ccccn3c2C(=O)O)cc1C. The van der Waals surface area contributed by atoms with Crippen molar-refractivity contribution in [2.45, 2.75) is 13.8 Å². The van der Waals surface area contributed by atoms with Crippen LogP contribution >= 0.6 is 0 Å². The zero-order valence-corrected chi connectivity index (χ0v) is 11.8. The van der Waals surface area contributed by atoms with Crippen molar-refractivity contribution in [2.75, 3.05) is 5.32 Å². The minimum absolute atomic E-state index is 0.129. The van der Waals surface area contributed by atoms with Crippen molar-refractivity contribution in [3.05, 3.63) is 59.4 Å². The van der Waals surface area contributed by atoms with Crippen molar-refractivity contribution in [3.8, 4) is 0 Å². The summed E-state index contributed by atoms with van der Waals surface area (Å²) in [6.45, 7) is 4.05. The number of aromatic nitrogens is 2. The van der Waals surface area contributed by atoms with E-state index in [2.05, 4.69) is 10.3 Å². The summed E-state index contributed by atoms with van der Waals surface area (Å²) >= 11 is 0. The Morgan fingerprint density at radius 1 is 1.19 bits per heavy atom. The number of carboxylic acids is 1. The minimum atomic E-state index is -1.01. The molecular weight excluding hydrogens is 266 g/mol. The lowest BCUT2D eigenvalue weighted by molar-refractivity contribution is 0.0690. The number of nitrogens with one attached hydrogen (secondary N) is 1. The molecule has 5 nitrogen and oxygen atoms in total. The molecule has 21 heavy (non-hydrogen) atoms. The first-order chi connectivity index (χ1) is 10.1. The summed E-state index contributed by atoms with van der Waals surface area (Å²) in [5, 5.41) is 12.5. The molecule has 0 aliphatic rings. The Balaban J connectivity index is 2.09. The van der Waals surface area contributed by atoms with E-state index in [4.69, 9.17) is 0 Å². The van der Waals surface area contributed by atoms with Crippen molar-refractivity contribution in [3.63, 3.8) is 0 Å². The third-order valence-corrected chi connectivity index (χ3v) is 3.50. The minimum Gasteiger partial charge on any atom is -0.476 e. The van der Waals surface area contributed by atoms with E-state index >= 15 is 0 Å². The summed E-state index contributed by atoms with van der Waals surface area (Å²) in [6, 6.07) is 11.3. The lowest BCUT2D eigenvalue weighted by Gasteiger charge is -2.07. The Hall–Kier alpha value is -2.82. The third-order valence-electron chi connectivity index (χ3n) is 3.50. The second kappa shape index (κ2) is 4.94. The second-order valence-corrected chi connectivity index (χ2v) is 4.97. The first-order valence-electron chi connectivity index (χ1n) is 6.61. The largest absolute Gasteiger partial charge is 0.476 e. The smallest absolute Gasteiger partial charge is 0.356 e. The molecule has 106 valence electrons. The van der Waals surface area contributed by atoms with Crippen LogP contribution in [0.4, 0.5) is 11.5 Å². The quantitative estimate of drug-likeness (QED) is 0.772. The van der Waals surface area contributed by atoms with Crippen molar-refractivity contribution < 1.29 is 9.90 Å². The first-order valence-corrected chi connectivity index (χ1v) is 6.61. The van der Waals surface area contributed by atoms with Crippen LogP contribution in [0.1, 0.15) is 21.6 Å². The van der Waals surface area contributed by atoms with Gasteiger partial charge in [0.1, 0.15) is 5.65 Å². The van der Waals surface area contributed by atoms with Gasteiger partial charge in [0.15, 0.2) is 11.5 Å². The summed E-state index contributed by atoms with van der Waals surface area (Å²) in [5.41, 5.74) is 3.88. The van der Waals surface area contributed by atoms with Gasteiger partial charge in [0, 0.05) is 11.9 Å². The van der Waals surface area contributed by atoms with E-state index in [1.807, 2.05) is 38.1 Å². The number of carboxylic acid groups (broad SMARTS) is 1. The second-order valence-electron chi connectivity index (χ2n) is 4.97. The molecule has 5 heteroatoms. The molecule has 2 N–H and O–H groups in total. The van der Waals surface area contributed by atoms with Crippen molar-refractivity contribution in [2.24, 2.45) is 0 Å². The highest BCUT2D eigenvalue weighted by Crippen LogP contribution is 2.23. The van der Waals surface area contributed by atoms with Crippen LogP contribution in [0.5, 0.6) is 0 Å². The number of nitrogens with zero attached hydrogens (tertiary/aromatic N) is 2. The third kappa shape index (κ3) is 2.33. The fourth-order valence-corrected chi connectivity index (χ4v) is 2.24. The van der Waals surface area contributed by atoms with Crippen LogP contribution in [-0.4, -0.2) is 20.5 Å². The van der Waals surface area contributed by atoms with Crippen LogP contribution in [-0.2, 0) is 0 Å². The van der Waals surface area contributed by atoms with Crippen LogP contribution < -0.4 is 5.32 Å². The number of hydrogen-bond donors (Lipinski definition) is 2. The lowest BCUT2D eigenvalue weighted by atomic mass is 10.1. The van der Waals surface area contributed by atoms with Crippen LogP contribution in [0.15, 0.2) is 42.6 Å². The summed E-state index contributed by atoms with van der Waals surface area (Å²) in [6.07, 6.45) is 1.69. The van der Waals surface area contributed by atoms with Gasteiger partial charge in [-0.15, -0.1) is 0 Å². The molecule has 3 rings (SSSR count). The number of aryl methyl sites for hydroxylation is 2. The Morgan fingerprint density at radius 3 is 2.71 bits per heavy atom. The van der Waals surface area contributed by atoms with Gasteiger partial charge in [-0.25, -0.2) is 9.78 Å². The number of rotatable bonds is 3. The van der Waals surface area contributed by atoms with Crippen molar-refractivity contribution in [1.82, 2.24) is 9.38 Å². The van der Waals surface area contributed by atoms with E-state index in [0.29, 0.717) is 11.5 Å². The molecule has 0 spiro atoms. The Kier molecular flexibility index (Phi) is 3.10. The molecule has 0 aliphatic heterocycles. The number of hydrogen-bond acceptors (Lipinski definition) is 3. The van der Waals surface area contributed by atoms with Gasteiger partial charge in [0.05, 0.1) is 0 Å². The van der Waals surface area contributed by atoms with Crippen LogP contribution in [0.2, 0.25) is 0 Å². The molecule has 2 heterocycles. The number of fused-ring (bicyclic) bond motifs is 1. The van der Waals surface area contributed by atoms with E-state index in [9.17, 15) is 9.90 Å². The molecule has 0 fully saturated rings. The number of pyridine rings is 1. The number of anilines is 2. The Bertz CT molecular complexity index is 837. The zero-order chi connectivity index (χ0) is 15.0. The van der Waals surface area contributed by atoms with Gasteiger partial charge in [-0.2, -0.15) is 0 Å². The maximum atomic E-state index is 11.5. The highest BCUT2D eigenvalue weighted by Gasteiger charge is 2.18. The van der Waals surface area contributed by atoms with Gasteiger partial charge < -0.3 is 10.4 Å². The van der Waals surface area contributed by atoms with Gasteiger partial charge in [0.25, 0.3) is 0 Å². The van der Waals surface area contributed by atoms with Gasteiger partial charge >= 0.3 is 5.97 Å². The molecule has 0 radical (unpaired) electrons. The molecule has 3 aromatic rings. The number of carbonyl (C=O) groups is 1. The average molecular weight is 281 g/mol. The normalized spacial score (nSPS) is 10.8. The fraction of sp³-hybridized carbons (Fsp3) is 0.125. The maximum Gasteiger partial charge on any atom is 0.356 e. The summed E-state index contributed by atoms with van der Waals surface area (Å²) in [5.74, 6) is -0.669. The van der Waals surface area contributed by atoms with Crippen LogP contribution in [0.25, 0.3) is 5.65 Å². The van der Waals surface area contributed by atoms with E-state index in [-0.39, 0.29) is 5.69 Å². The highest BCUT2D eigenvalue weighted by atomic mass is 16.4. The number of aromatic carboxylic acids is 1. The molecular formula is C16H15N3O2. The maximum absolute atomic E-state index is 11.5. The summed E-state index contributed by atoms with van der Waals surface area (Å²) in [7, 11) is 0. The predicted octanol–water partition coefficient (Wildman–Crippen LogP) is 3.39. The topological polar surface area (TPSA) is 66.6 Å². The molecule has 2 aromatic heterocycles. The molecule has 0 amide bonds. The number of benzene rings is 1. The molecule has 0 aliphatic carbocycles. The molecule has 0 saturated heterocycles. The van der Waals surface area contributed by atoms with Gasteiger partial charge in [0.2, 0.25) is 0 Å². The molecule has 0 bridgehead atoms. The standard InChI is InChI=1S/C16H15N3O2/c1-10-6-7-12(9-11(10)2)17-15-14(16(20)21)19-8-4-3-5-13(19)18-15/h3-9,17H,1-2H3,(H,20,21). The fourth-order valence-electron chi connectivity index (χ4n) is 2.24. The Labute approximate surface area is 121 Å². The highest BCUT2D eigenvalue weighted by molar-refractivity contribution is 5.93. The zero-order valence-electron chi connectivity index (χ0n) is 11.8. The van der Waals surface area contributed by atoms with Crippen molar-refractivity contribution in [1.29, 1.82) is 0 Å². The average Bonchev–Trinajstić information content (AvgIpc) is 2.80. The molecule has 1 aromatic carbocycles. The number of imidazole rings is 1. The van der Waals surface area contributed by atoms with Gasteiger partial charge in [-0.1, -0.05) is 12.1 Å². The van der Waals surface area contributed by atoms with E-state index in [1.54, 1.807) is 22.7 Å². The molecule has 0 unspecified atom stereocenters. The molecule has 0 saturated carbocycles. The van der Waals surface area contributed by atoms with Gasteiger partial charge in [-0.3, -0.25) is 4.40 Å². The van der Waals surface area contributed by atoms with E-state index in [0.717, 1.165) is 11.3 Å². The first kappa shape index (κ1) is 13.2. The summed E-state index contributed by atoms with van der Waals surface area (Å²) < 4.78 is 1.56. The molecule has 0 atom stereocenters. The van der Waals surface area contributed by atoms with Crippen LogP contribution in [0, 0.1) is 13.8 Å². The van der Waals surface area contributed by atoms with E-state index in [1.165, 1.54) is 5.56 Å². The lowest BCUT2D eigenvalue weighted by Crippen LogP contribution is -2.05. The summed E-state index contributed by atoms with van der Waals surface area (Å²) in [4.78, 5) is 15.9. The predicted molar refractivity (Wildman–Crippen MR) is 81.4 cm³/mol. The monoisotopic (exact) mass is 281 g/mol. The van der Waals surface area contributed by atoms with Gasteiger partial charge in [-0.05, 0) is 49.2 Å².